The molecule has 3 rings (SSSR count). The molecule has 0 spiro atoms. The van der Waals surface area contributed by atoms with E-state index in [4.69, 9.17) is 5.11 Å². The summed E-state index contributed by atoms with van der Waals surface area (Å²) in [4.78, 5) is 3.08. The number of nitrogens with one attached hydrogen (secondary N) is 1. The van der Waals surface area contributed by atoms with Gasteiger partial charge in [-0.05, 0) is 55.4 Å². The van der Waals surface area contributed by atoms with Crippen molar-refractivity contribution in [3.8, 4) is 0 Å². The minimum absolute atomic E-state index is 0.116. The second-order valence-corrected chi connectivity index (χ2v) is 7.05. The van der Waals surface area contributed by atoms with Gasteiger partial charge in [0.25, 0.3) is 0 Å². The van der Waals surface area contributed by atoms with Crippen LogP contribution in [0.3, 0.4) is 0 Å². The van der Waals surface area contributed by atoms with E-state index in [2.05, 4.69) is 30.4 Å². The van der Waals surface area contributed by atoms with Gasteiger partial charge in [0.1, 0.15) is 0 Å². The van der Waals surface area contributed by atoms with Gasteiger partial charge in [-0.2, -0.15) is 0 Å². The van der Waals surface area contributed by atoms with Crippen molar-refractivity contribution in [3.05, 3.63) is 56.8 Å². The van der Waals surface area contributed by atoms with E-state index in [1.54, 1.807) is 10.4 Å². The van der Waals surface area contributed by atoms with Crippen molar-refractivity contribution in [3.63, 3.8) is 0 Å². The van der Waals surface area contributed by atoms with E-state index in [1.165, 1.54) is 36.1 Å². The molecule has 21 heavy (non-hydrogen) atoms. The first kappa shape index (κ1) is 14.8. The van der Waals surface area contributed by atoms with Gasteiger partial charge < -0.3 is 10.4 Å². The summed E-state index contributed by atoms with van der Waals surface area (Å²) in [6.45, 7) is 3.24. The lowest BCUT2D eigenvalue weighted by atomic mass is 9.99. The Balaban J connectivity index is 1.60. The second-order valence-electron chi connectivity index (χ2n) is 5.88. The molecule has 0 amide bonds. The first-order valence-corrected chi connectivity index (χ1v) is 8.61. The predicted octanol–water partition coefficient (Wildman–Crippen LogP) is 3.97. The van der Waals surface area contributed by atoms with E-state index in [-0.39, 0.29) is 6.61 Å². The fourth-order valence-electron chi connectivity index (χ4n) is 2.86. The van der Waals surface area contributed by atoms with Crippen molar-refractivity contribution in [2.45, 2.75) is 51.8 Å². The molecule has 1 aromatic heterocycles. The van der Waals surface area contributed by atoms with E-state index >= 15 is 0 Å². The molecule has 1 atom stereocenters. The first-order valence-electron chi connectivity index (χ1n) is 7.80. The number of fused-ring (bicyclic) bond motifs is 1. The van der Waals surface area contributed by atoms with Gasteiger partial charge in [0, 0.05) is 22.3 Å². The topological polar surface area (TPSA) is 32.3 Å². The Hall–Kier alpha value is -1.16. The van der Waals surface area contributed by atoms with Crippen LogP contribution < -0.4 is 5.32 Å². The zero-order valence-corrected chi connectivity index (χ0v) is 13.4. The van der Waals surface area contributed by atoms with Crippen LogP contribution in [0.5, 0.6) is 0 Å². The molecule has 1 unspecified atom stereocenters. The van der Waals surface area contributed by atoms with Gasteiger partial charge in [-0.25, -0.2) is 0 Å². The van der Waals surface area contributed by atoms with Crippen LogP contribution in [0.25, 0.3) is 0 Å². The van der Waals surface area contributed by atoms with Crippen molar-refractivity contribution >= 4 is 11.3 Å². The Bertz CT molecular complexity index is 564. The maximum absolute atomic E-state index is 9.06. The summed E-state index contributed by atoms with van der Waals surface area (Å²) in [6.07, 6.45) is 5.24. The van der Waals surface area contributed by atoms with Crippen molar-refractivity contribution in [2.75, 3.05) is 0 Å². The Morgan fingerprint density at radius 2 is 1.86 bits per heavy atom. The molecule has 0 saturated carbocycles. The highest BCUT2D eigenvalue weighted by Crippen LogP contribution is 2.32. The standard InChI is InChI=1S/C18H23NOS/c1-13(18-10-16-4-2-3-5-17(16)21-18)19-11-14-6-8-15(12-20)9-7-14/h6-10,13,19-20H,2-5,11-12H2,1H3. The fraction of sp³-hybridized carbons (Fsp3) is 0.444. The maximum atomic E-state index is 9.06. The molecule has 2 nitrogen and oxygen atoms in total. The summed E-state index contributed by atoms with van der Waals surface area (Å²) in [6, 6.07) is 11.0. The molecule has 1 aromatic carbocycles. The van der Waals surface area contributed by atoms with Crippen LogP contribution in [0.1, 0.15) is 52.3 Å². The van der Waals surface area contributed by atoms with Gasteiger partial charge >= 0.3 is 0 Å². The van der Waals surface area contributed by atoms with Gasteiger partial charge in [0.15, 0.2) is 0 Å². The molecule has 0 saturated heterocycles. The third-order valence-electron chi connectivity index (χ3n) is 4.26. The fourth-order valence-corrected chi connectivity index (χ4v) is 4.15. The third-order valence-corrected chi connectivity index (χ3v) is 5.68. The molecular weight excluding hydrogens is 278 g/mol. The largest absolute Gasteiger partial charge is 0.392 e. The van der Waals surface area contributed by atoms with E-state index in [0.717, 1.165) is 12.1 Å². The lowest BCUT2D eigenvalue weighted by Gasteiger charge is -2.12. The van der Waals surface area contributed by atoms with Crippen LogP contribution >= 0.6 is 11.3 Å². The normalized spacial score (nSPS) is 15.7. The number of rotatable bonds is 5. The van der Waals surface area contributed by atoms with Crippen LogP contribution in [0, 0.1) is 0 Å². The molecule has 2 N–H and O–H groups in total. The molecule has 1 heterocycles. The SMILES string of the molecule is CC(NCc1ccc(CO)cc1)c1cc2c(s1)CCCC2. The molecule has 0 radical (unpaired) electrons. The number of aliphatic hydroxyl groups is 1. The average Bonchev–Trinajstić information content (AvgIpc) is 2.97. The molecule has 0 aliphatic heterocycles. The zero-order chi connectivity index (χ0) is 14.7. The minimum atomic E-state index is 0.116. The molecular formula is C18H23NOS. The molecule has 1 aliphatic rings. The highest BCUT2D eigenvalue weighted by atomic mass is 32.1. The number of hydrogen-bond acceptors (Lipinski definition) is 3. The monoisotopic (exact) mass is 301 g/mol. The predicted molar refractivity (Wildman–Crippen MR) is 88.6 cm³/mol. The van der Waals surface area contributed by atoms with Gasteiger partial charge in [-0.3, -0.25) is 0 Å². The summed E-state index contributed by atoms with van der Waals surface area (Å²) >= 11 is 1.99. The van der Waals surface area contributed by atoms with Gasteiger partial charge in [-0.1, -0.05) is 24.3 Å². The quantitative estimate of drug-likeness (QED) is 0.876. The molecule has 0 bridgehead atoms. The minimum Gasteiger partial charge on any atom is -0.392 e. The molecule has 0 fully saturated rings. The van der Waals surface area contributed by atoms with Crippen LogP contribution in [0.15, 0.2) is 30.3 Å². The highest BCUT2D eigenvalue weighted by molar-refractivity contribution is 7.12. The number of hydrogen-bond donors (Lipinski definition) is 2. The second kappa shape index (κ2) is 6.73. The van der Waals surface area contributed by atoms with Crippen molar-refractivity contribution < 1.29 is 5.11 Å². The number of thiophene rings is 1. The third kappa shape index (κ3) is 3.54. The maximum Gasteiger partial charge on any atom is 0.0681 e. The lowest BCUT2D eigenvalue weighted by Crippen LogP contribution is -2.17. The van der Waals surface area contributed by atoms with Gasteiger partial charge in [-0.15, -0.1) is 11.3 Å². The lowest BCUT2D eigenvalue weighted by molar-refractivity contribution is 0.282. The van der Waals surface area contributed by atoms with Crippen LogP contribution in [-0.2, 0) is 26.0 Å². The molecule has 2 aromatic rings. The molecule has 112 valence electrons. The van der Waals surface area contributed by atoms with Crippen LogP contribution in [-0.4, -0.2) is 5.11 Å². The summed E-state index contributed by atoms with van der Waals surface area (Å²) in [5.41, 5.74) is 3.82. The summed E-state index contributed by atoms with van der Waals surface area (Å²) < 4.78 is 0. The van der Waals surface area contributed by atoms with E-state index in [1.807, 2.05) is 23.5 Å². The summed E-state index contributed by atoms with van der Waals surface area (Å²) in [5, 5.41) is 12.7. The summed E-state index contributed by atoms with van der Waals surface area (Å²) in [7, 11) is 0. The number of aliphatic hydroxyl groups excluding tert-OH is 1. The number of benzene rings is 1. The van der Waals surface area contributed by atoms with Crippen molar-refractivity contribution in [1.29, 1.82) is 0 Å². The van der Waals surface area contributed by atoms with Crippen LogP contribution in [0.4, 0.5) is 0 Å². The van der Waals surface area contributed by atoms with Crippen LogP contribution in [0.2, 0.25) is 0 Å². The Morgan fingerprint density at radius 3 is 2.57 bits per heavy atom. The number of aryl methyl sites for hydroxylation is 2. The first-order chi connectivity index (χ1) is 10.3. The zero-order valence-electron chi connectivity index (χ0n) is 12.6. The van der Waals surface area contributed by atoms with E-state index in [0.29, 0.717) is 6.04 Å². The average molecular weight is 301 g/mol. The van der Waals surface area contributed by atoms with E-state index in [9.17, 15) is 0 Å². The van der Waals surface area contributed by atoms with Gasteiger partial charge in [0.2, 0.25) is 0 Å². The Labute approximate surface area is 130 Å². The Morgan fingerprint density at radius 1 is 1.14 bits per heavy atom. The molecule has 1 aliphatic carbocycles. The van der Waals surface area contributed by atoms with Crippen molar-refractivity contribution in [1.82, 2.24) is 5.32 Å². The highest BCUT2D eigenvalue weighted by Gasteiger charge is 2.16. The van der Waals surface area contributed by atoms with Crippen molar-refractivity contribution in [2.24, 2.45) is 0 Å². The van der Waals surface area contributed by atoms with Gasteiger partial charge in [0.05, 0.1) is 6.61 Å². The molecule has 3 heteroatoms. The smallest absolute Gasteiger partial charge is 0.0681 e. The summed E-state index contributed by atoms with van der Waals surface area (Å²) in [5.74, 6) is 0. The van der Waals surface area contributed by atoms with E-state index < -0.39 is 0 Å². The Kier molecular flexibility index (Phi) is 4.73.